The summed E-state index contributed by atoms with van der Waals surface area (Å²) in [6.07, 6.45) is 4.42. The van der Waals surface area contributed by atoms with Crippen molar-refractivity contribution >= 4 is 0 Å². The molecule has 3 heteroatoms. The van der Waals surface area contributed by atoms with Crippen LogP contribution in [0.4, 0.5) is 0 Å². The van der Waals surface area contributed by atoms with Gasteiger partial charge in [-0.15, -0.1) is 6.58 Å². The molecule has 0 spiro atoms. The van der Waals surface area contributed by atoms with Crippen LogP contribution in [0, 0.1) is 5.92 Å². The fraction of sp³-hybridized carbons (Fsp3) is 0.714. The van der Waals surface area contributed by atoms with Crippen LogP contribution in [0.1, 0.15) is 26.7 Å². The molecule has 0 radical (unpaired) electrons. The van der Waals surface area contributed by atoms with Crippen molar-refractivity contribution in [3.8, 4) is 0 Å². The maximum absolute atomic E-state index is 3.63. The predicted molar refractivity (Wildman–Crippen MR) is 34.3 cm³/mol. The van der Waals surface area contributed by atoms with E-state index in [-0.39, 0.29) is 44.3 Å². The summed E-state index contributed by atoms with van der Waals surface area (Å²) < 4.78 is 0. The second kappa shape index (κ2) is 16.5. The summed E-state index contributed by atoms with van der Waals surface area (Å²) in [6, 6.07) is 0. The summed E-state index contributed by atoms with van der Waals surface area (Å²) in [7, 11) is 0. The smallest absolute Gasteiger partial charge is 1.00 e. The van der Waals surface area contributed by atoms with Crippen molar-refractivity contribution in [2.45, 2.75) is 26.7 Å². The van der Waals surface area contributed by atoms with E-state index >= 15 is 0 Å². The molecule has 0 nitrogen and oxygen atoms in total. The zero-order valence-corrected chi connectivity index (χ0v) is 11.2. The van der Waals surface area contributed by atoms with Gasteiger partial charge in [-0.2, -0.15) is 0 Å². The molecule has 0 aromatic rings. The van der Waals surface area contributed by atoms with Crippen molar-refractivity contribution in [2.75, 3.05) is 0 Å². The summed E-state index contributed by atoms with van der Waals surface area (Å²) in [5.41, 5.74) is 0. The van der Waals surface area contributed by atoms with E-state index in [0.29, 0.717) is 0 Å². The average molecular weight is 234 g/mol. The van der Waals surface area contributed by atoms with E-state index in [9.17, 15) is 0 Å². The van der Waals surface area contributed by atoms with Gasteiger partial charge in [0, 0.05) is 0 Å². The Morgan fingerprint density at radius 2 is 1.70 bits per heavy atom. The Balaban J connectivity index is -0.0000000600. The van der Waals surface area contributed by atoms with E-state index in [0.717, 1.165) is 12.3 Å². The molecule has 0 fully saturated rings. The molecule has 0 atom stereocenters. The average Bonchev–Trinajstić information content (AvgIpc) is 1.61. The second-order valence-electron chi connectivity index (χ2n) is 2.26. The first kappa shape index (κ1) is 22.4. The molecular formula is C7H14Cl2Zn. The Morgan fingerprint density at radius 3 is 1.80 bits per heavy atom. The third kappa shape index (κ3) is 23.1. The van der Waals surface area contributed by atoms with E-state index in [4.69, 9.17) is 0 Å². The predicted octanol–water partition coefficient (Wildman–Crippen LogP) is -3.39. The zero-order chi connectivity index (χ0) is 5.70. The maximum Gasteiger partial charge on any atom is 2.00 e. The molecule has 58 valence electrons. The Bertz CT molecular complexity index is 55.6. The minimum atomic E-state index is 0. The first-order valence-electron chi connectivity index (χ1n) is 2.88. The molecule has 0 aromatic heterocycles. The van der Waals surface area contributed by atoms with Gasteiger partial charge in [0.25, 0.3) is 0 Å². The first-order valence-corrected chi connectivity index (χ1v) is 2.88. The van der Waals surface area contributed by atoms with Crippen LogP contribution in [0.2, 0.25) is 0 Å². The minimum Gasteiger partial charge on any atom is -1.00 e. The van der Waals surface area contributed by atoms with Crippen molar-refractivity contribution in [1.29, 1.82) is 0 Å². The molecule has 0 unspecified atom stereocenters. The minimum absolute atomic E-state index is 0. The van der Waals surface area contributed by atoms with E-state index in [1.165, 1.54) is 6.42 Å². The topological polar surface area (TPSA) is 0 Å². The SMILES string of the molecule is C=CCCC(C)C.[Cl-].[Cl-].[Zn+2]. The molecule has 0 N–H and O–H groups in total. The van der Waals surface area contributed by atoms with Gasteiger partial charge in [0.1, 0.15) is 0 Å². The van der Waals surface area contributed by atoms with Gasteiger partial charge < -0.3 is 24.8 Å². The van der Waals surface area contributed by atoms with Crippen molar-refractivity contribution in [2.24, 2.45) is 5.92 Å². The van der Waals surface area contributed by atoms with Gasteiger partial charge in [-0.25, -0.2) is 0 Å². The fourth-order valence-electron chi connectivity index (χ4n) is 0.451. The largest absolute Gasteiger partial charge is 2.00 e. The molecule has 0 aliphatic rings. The molecule has 0 saturated heterocycles. The molecule has 0 bridgehead atoms. The van der Waals surface area contributed by atoms with Gasteiger partial charge in [-0.05, 0) is 18.8 Å². The van der Waals surface area contributed by atoms with E-state index in [1.54, 1.807) is 0 Å². The maximum atomic E-state index is 3.63. The van der Waals surface area contributed by atoms with Crippen LogP contribution in [0.5, 0.6) is 0 Å². The van der Waals surface area contributed by atoms with Crippen LogP contribution >= 0.6 is 0 Å². The third-order valence-corrected chi connectivity index (χ3v) is 0.948. The first-order chi connectivity index (χ1) is 3.27. The van der Waals surface area contributed by atoms with Crippen LogP contribution < -0.4 is 24.8 Å². The summed E-state index contributed by atoms with van der Waals surface area (Å²) >= 11 is 0. The van der Waals surface area contributed by atoms with Crippen LogP contribution in [0.3, 0.4) is 0 Å². The molecule has 0 aliphatic heterocycles. The standard InChI is InChI=1S/C7H14.2ClH.Zn/c1-4-5-6-7(2)3;;;/h4,7H,1,5-6H2,2-3H3;2*1H;/q;;;+2/p-2. The zero-order valence-electron chi connectivity index (χ0n) is 6.74. The molecule has 10 heavy (non-hydrogen) atoms. The summed E-state index contributed by atoms with van der Waals surface area (Å²) in [5, 5.41) is 0. The van der Waals surface area contributed by atoms with Gasteiger partial charge in [0.2, 0.25) is 0 Å². The van der Waals surface area contributed by atoms with Crippen LogP contribution in [0.15, 0.2) is 12.7 Å². The molecule has 0 heterocycles. The molecule has 0 aliphatic carbocycles. The Kier molecular flexibility index (Phi) is 37.0. The number of hydrogen-bond acceptors (Lipinski definition) is 0. The second-order valence-corrected chi connectivity index (χ2v) is 2.26. The van der Waals surface area contributed by atoms with Crippen molar-refractivity contribution in [1.82, 2.24) is 0 Å². The Morgan fingerprint density at radius 1 is 1.30 bits per heavy atom. The molecule has 0 amide bonds. The quantitative estimate of drug-likeness (QED) is 0.353. The van der Waals surface area contributed by atoms with E-state index < -0.39 is 0 Å². The molecular weight excluding hydrogens is 220 g/mol. The molecule has 0 aromatic carbocycles. The van der Waals surface area contributed by atoms with Gasteiger partial charge >= 0.3 is 19.5 Å². The van der Waals surface area contributed by atoms with Gasteiger partial charge in [-0.3, -0.25) is 0 Å². The number of hydrogen-bond donors (Lipinski definition) is 0. The third-order valence-electron chi connectivity index (χ3n) is 0.948. The van der Waals surface area contributed by atoms with E-state index in [2.05, 4.69) is 20.4 Å². The van der Waals surface area contributed by atoms with Gasteiger partial charge in [0.15, 0.2) is 0 Å². The number of halogens is 2. The molecule has 0 saturated carbocycles. The number of rotatable bonds is 3. The normalized spacial score (nSPS) is 6.70. The van der Waals surface area contributed by atoms with Crippen LogP contribution in [-0.2, 0) is 19.5 Å². The van der Waals surface area contributed by atoms with Crippen LogP contribution in [0.25, 0.3) is 0 Å². The summed E-state index contributed by atoms with van der Waals surface area (Å²) in [6.45, 7) is 8.08. The number of allylic oxidation sites excluding steroid dienone is 1. The Labute approximate surface area is 89.4 Å². The van der Waals surface area contributed by atoms with Crippen molar-refractivity contribution < 1.29 is 44.3 Å². The van der Waals surface area contributed by atoms with Crippen molar-refractivity contribution in [3.63, 3.8) is 0 Å². The molecule has 0 rings (SSSR count). The monoisotopic (exact) mass is 232 g/mol. The van der Waals surface area contributed by atoms with Crippen molar-refractivity contribution in [3.05, 3.63) is 12.7 Å². The van der Waals surface area contributed by atoms with Crippen LogP contribution in [-0.4, -0.2) is 0 Å². The van der Waals surface area contributed by atoms with E-state index in [1.807, 2.05) is 6.08 Å². The van der Waals surface area contributed by atoms with Gasteiger partial charge in [0.05, 0.1) is 0 Å². The summed E-state index contributed by atoms with van der Waals surface area (Å²) in [5.74, 6) is 0.831. The fourth-order valence-corrected chi connectivity index (χ4v) is 0.451. The Hall–Kier alpha value is 0.943. The van der Waals surface area contributed by atoms with Gasteiger partial charge in [-0.1, -0.05) is 19.9 Å². The summed E-state index contributed by atoms with van der Waals surface area (Å²) in [4.78, 5) is 0.